The van der Waals surface area contributed by atoms with E-state index in [-0.39, 0.29) is 11.7 Å². The number of rotatable bonds is 3. The van der Waals surface area contributed by atoms with E-state index < -0.39 is 0 Å². The third-order valence-electron chi connectivity index (χ3n) is 2.78. The number of hydrogen-bond donors (Lipinski definition) is 2. The van der Waals surface area contributed by atoms with E-state index in [1.165, 1.54) is 18.0 Å². The Labute approximate surface area is 112 Å². The second-order valence-electron chi connectivity index (χ2n) is 4.24. The summed E-state index contributed by atoms with van der Waals surface area (Å²) in [6.07, 6.45) is 3.43. The van der Waals surface area contributed by atoms with Gasteiger partial charge in [0, 0.05) is 12.2 Å². The Kier molecular flexibility index (Phi) is 2.76. The van der Waals surface area contributed by atoms with Crippen molar-refractivity contribution in [2.45, 2.75) is 29.1 Å². The van der Waals surface area contributed by atoms with Gasteiger partial charge in [-0.25, -0.2) is 14.9 Å². The normalized spacial score (nSPS) is 14.3. The number of nitrogens with two attached hydrogens (primary N) is 1. The van der Waals surface area contributed by atoms with Crippen molar-refractivity contribution in [3.8, 4) is 6.07 Å². The molecule has 0 unspecified atom stereocenters. The second kappa shape index (κ2) is 4.44. The van der Waals surface area contributed by atoms with Crippen molar-refractivity contribution in [1.82, 2.24) is 19.7 Å². The standard InChI is InChI=1S/C11H10N6OS/c12-4-6-3-8(13)9(14-5-6)19-11-16-15-10(18)17(11)7-1-2-7/h3,5,7H,1-2,13H2,(H,15,18). The highest BCUT2D eigenvalue weighted by Crippen LogP contribution is 2.38. The van der Waals surface area contributed by atoms with Crippen molar-refractivity contribution < 1.29 is 0 Å². The average molecular weight is 274 g/mol. The van der Waals surface area contributed by atoms with Crippen LogP contribution in [0.2, 0.25) is 0 Å². The lowest BCUT2D eigenvalue weighted by Gasteiger charge is -2.05. The number of pyridine rings is 1. The number of nitriles is 1. The number of nitrogens with zero attached hydrogens (tertiary/aromatic N) is 4. The van der Waals surface area contributed by atoms with Gasteiger partial charge in [0.05, 0.1) is 11.3 Å². The maximum atomic E-state index is 11.6. The first-order valence-electron chi connectivity index (χ1n) is 5.69. The van der Waals surface area contributed by atoms with Gasteiger partial charge in [-0.15, -0.1) is 5.10 Å². The van der Waals surface area contributed by atoms with Gasteiger partial charge in [-0.3, -0.25) is 4.57 Å². The first-order chi connectivity index (χ1) is 9.19. The van der Waals surface area contributed by atoms with E-state index in [1.807, 2.05) is 6.07 Å². The summed E-state index contributed by atoms with van der Waals surface area (Å²) in [5, 5.41) is 16.3. The smallest absolute Gasteiger partial charge is 0.344 e. The van der Waals surface area contributed by atoms with Crippen molar-refractivity contribution in [3.05, 3.63) is 28.3 Å². The van der Waals surface area contributed by atoms with Crippen LogP contribution in [0.25, 0.3) is 0 Å². The Morgan fingerprint density at radius 1 is 1.58 bits per heavy atom. The number of aromatic nitrogens is 4. The summed E-state index contributed by atoms with van der Waals surface area (Å²) in [6.45, 7) is 0. The molecule has 2 heterocycles. The zero-order chi connectivity index (χ0) is 13.4. The number of nitrogens with one attached hydrogen (secondary N) is 1. The number of anilines is 1. The van der Waals surface area contributed by atoms with Gasteiger partial charge in [-0.05, 0) is 30.7 Å². The van der Waals surface area contributed by atoms with E-state index >= 15 is 0 Å². The lowest BCUT2D eigenvalue weighted by atomic mass is 10.3. The summed E-state index contributed by atoms with van der Waals surface area (Å²) < 4.78 is 1.63. The van der Waals surface area contributed by atoms with Crippen molar-refractivity contribution >= 4 is 17.4 Å². The summed E-state index contributed by atoms with van der Waals surface area (Å²) in [7, 11) is 0. The molecule has 1 aliphatic carbocycles. The average Bonchev–Trinajstić information content (AvgIpc) is 3.17. The van der Waals surface area contributed by atoms with Gasteiger partial charge < -0.3 is 5.73 Å². The van der Waals surface area contributed by atoms with Crippen LogP contribution in [0.15, 0.2) is 27.2 Å². The highest BCUT2D eigenvalue weighted by molar-refractivity contribution is 7.99. The molecule has 8 heteroatoms. The zero-order valence-electron chi connectivity index (χ0n) is 9.83. The summed E-state index contributed by atoms with van der Waals surface area (Å²) in [6, 6.07) is 3.76. The predicted octanol–water partition coefficient (Wildman–Crippen LogP) is 0.906. The van der Waals surface area contributed by atoms with Crippen LogP contribution in [-0.2, 0) is 0 Å². The van der Waals surface area contributed by atoms with Crippen LogP contribution in [0, 0.1) is 11.3 Å². The van der Waals surface area contributed by atoms with Crippen LogP contribution in [-0.4, -0.2) is 19.7 Å². The topological polar surface area (TPSA) is 113 Å². The van der Waals surface area contributed by atoms with Crippen LogP contribution >= 0.6 is 11.8 Å². The van der Waals surface area contributed by atoms with Crippen LogP contribution in [0.1, 0.15) is 24.4 Å². The van der Waals surface area contributed by atoms with Gasteiger partial charge in [-0.1, -0.05) is 0 Å². The van der Waals surface area contributed by atoms with Gasteiger partial charge in [0.15, 0.2) is 5.16 Å². The second-order valence-corrected chi connectivity index (χ2v) is 5.20. The molecule has 0 spiro atoms. The van der Waals surface area contributed by atoms with E-state index in [1.54, 1.807) is 10.6 Å². The molecular formula is C11H10N6OS. The Morgan fingerprint density at radius 2 is 2.37 bits per heavy atom. The Bertz CT molecular complexity index is 724. The fourth-order valence-electron chi connectivity index (χ4n) is 1.72. The first-order valence-corrected chi connectivity index (χ1v) is 6.51. The third kappa shape index (κ3) is 2.20. The van der Waals surface area contributed by atoms with Gasteiger partial charge in [0.2, 0.25) is 0 Å². The van der Waals surface area contributed by atoms with Crippen LogP contribution < -0.4 is 11.4 Å². The molecule has 1 aliphatic rings. The van der Waals surface area contributed by atoms with Crippen LogP contribution in [0.4, 0.5) is 5.69 Å². The molecule has 96 valence electrons. The molecule has 0 amide bonds. The van der Waals surface area contributed by atoms with E-state index in [0.717, 1.165) is 12.8 Å². The minimum atomic E-state index is -0.211. The Balaban J connectivity index is 1.94. The Hall–Kier alpha value is -2.27. The SMILES string of the molecule is N#Cc1cnc(Sc2n[nH]c(=O)n2C2CC2)c(N)c1. The monoisotopic (exact) mass is 274 g/mol. The molecule has 2 aromatic heterocycles. The van der Waals surface area contributed by atoms with Gasteiger partial charge in [0.25, 0.3) is 0 Å². The molecule has 0 saturated heterocycles. The summed E-state index contributed by atoms with van der Waals surface area (Å²) in [5.74, 6) is 0. The minimum absolute atomic E-state index is 0.211. The number of H-pyrrole nitrogens is 1. The summed E-state index contributed by atoms with van der Waals surface area (Å²) in [4.78, 5) is 15.8. The van der Waals surface area contributed by atoms with Gasteiger partial charge in [0.1, 0.15) is 11.1 Å². The maximum absolute atomic E-state index is 11.6. The molecule has 1 fully saturated rings. The zero-order valence-corrected chi connectivity index (χ0v) is 10.6. The van der Waals surface area contributed by atoms with Crippen molar-refractivity contribution in [2.75, 3.05) is 5.73 Å². The van der Waals surface area contributed by atoms with E-state index in [0.29, 0.717) is 21.4 Å². The fourth-order valence-corrected chi connectivity index (χ4v) is 2.60. The largest absolute Gasteiger partial charge is 0.396 e. The molecular weight excluding hydrogens is 264 g/mol. The highest BCUT2D eigenvalue weighted by Gasteiger charge is 2.29. The predicted molar refractivity (Wildman–Crippen MR) is 68.6 cm³/mol. The molecule has 7 nitrogen and oxygen atoms in total. The summed E-state index contributed by atoms with van der Waals surface area (Å²) >= 11 is 1.22. The van der Waals surface area contributed by atoms with E-state index in [4.69, 9.17) is 11.0 Å². The van der Waals surface area contributed by atoms with Crippen LogP contribution in [0.5, 0.6) is 0 Å². The first kappa shape index (κ1) is 11.8. The Morgan fingerprint density at radius 3 is 3.00 bits per heavy atom. The molecule has 19 heavy (non-hydrogen) atoms. The molecule has 2 aromatic rings. The molecule has 3 N–H and O–H groups in total. The van der Waals surface area contributed by atoms with Crippen molar-refractivity contribution in [2.24, 2.45) is 0 Å². The lowest BCUT2D eigenvalue weighted by Crippen LogP contribution is -2.16. The lowest BCUT2D eigenvalue weighted by molar-refractivity contribution is 0.642. The molecule has 0 aromatic carbocycles. The highest BCUT2D eigenvalue weighted by atomic mass is 32.2. The van der Waals surface area contributed by atoms with Gasteiger partial charge in [-0.2, -0.15) is 5.26 Å². The van der Waals surface area contributed by atoms with Gasteiger partial charge >= 0.3 is 5.69 Å². The third-order valence-corrected chi connectivity index (χ3v) is 3.79. The number of hydrogen-bond acceptors (Lipinski definition) is 6. The molecule has 3 rings (SSSR count). The molecule has 0 atom stereocenters. The maximum Gasteiger partial charge on any atom is 0.344 e. The fraction of sp³-hybridized carbons (Fsp3) is 0.273. The molecule has 0 radical (unpaired) electrons. The summed E-state index contributed by atoms with van der Waals surface area (Å²) in [5.41, 5.74) is 6.43. The van der Waals surface area contributed by atoms with Crippen LogP contribution in [0.3, 0.4) is 0 Å². The minimum Gasteiger partial charge on any atom is -0.396 e. The quantitative estimate of drug-likeness (QED) is 0.859. The van der Waals surface area contributed by atoms with E-state index in [9.17, 15) is 4.79 Å². The number of aromatic amines is 1. The van der Waals surface area contributed by atoms with Crippen molar-refractivity contribution in [3.63, 3.8) is 0 Å². The molecule has 1 saturated carbocycles. The number of nitrogen functional groups attached to an aromatic ring is 1. The molecule has 0 aliphatic heterocycles. The van der Waals surface area contributed by atoms with E-state index in [2.05, 4.69) is 15.2 Å². The molecule has 0 bridgehead atoms. The van der Waals surface area contributed by atoms with Crippen molar-refractivity contribution in [1.29, 1.82) is 5.26 Å².